The highest BCUT2D eigenvalue weighted by atomic mass is 32.2. The van der Waals surface area contributed by atoms with E-state index in [4.69, 9.17) is 5.73 Å². The zero-order valence-electron chi connectivity index (χ0n) is 12.6. The Bertz CT molecular complexity index is 503. The molecule has 0 fully saturated rings. The van der Waals surface area contributed by atoms with Gasteiger partial charge in [-0.1, -0.05) is 26.3 Å². The molecule has 0 aromatic heterocycles. The lowest BCUT2D eigenvalue weighted by Crippen LogP contribution is -2.31. The van der Waals surface area contributed by atoms with Gasteiger partial charge < -0.3 is 11.1 Å². The van der Waals surface area contributed by atoms with Crippen molar-refractivity contribution in [3.05, 3.63) is 23.8 Å². The van der Waals surface area contributed by atoms with Crippen LogP contribution < -0.4 is 11.1 Å². The Balaban J connectivity index is 2.70. The van der Waals surface area contributed by atoms with E-state index in [0.29, 0.717) is 23.0 Å². The number of hydrogen-bond acceptors (Lipinski definition) is 3. The third kappa shape index (κ3) is 4.63. The molecular formula is C15H24N2O2S. The average Bonchev–Trinajstić information content (AvgIpc) is 2.41. The molecule has 0 radical (unpaired) electrons. The Morgan fingerprint density at radius 3 is 2.65 bits per heavy atom. The highest BCUT2D eigenvalue weighted by Crippen LogP contribution is 2.19. The van der Waals surface area contributed by atoms with Crippen LogP contribution in [0.3, 0.4) is 0 Å². The largest absolute Gasteiger partial charge is 0.399 e. The molecule has 0 aliphatic carbocycles. The second-order valence-electron chi connectivity index (χ2n) is 5.27. The summed E-state index contributed by atoms with van der Waals surface area (Å²) in [5.41, 5.74) is 7.93. The Morgan fingerprint density at radius 1 is 1.40 bits per heavy atom. The van der Waals surface area contributed by atoms with Crippen LogP contribution in [0.5, 0.6) is 0 Å². The first-order chi connectivity index (χ1) is 9.35. The molecule has 0 heterocycles. The second kappa shape index (κ2) is 7.43. The summed E-state index contributed by atoms with van der Waals surface area (Å²) in [5, 5.41) is 2.29. The maximum Gasteiger partial charge on any atom is 0.239 e. The third-order valence-electron chi connectivity index (χ3n) is 3.43. The van der Waals surface area contributed by atoms with Crippen molar-refractivity contribution in [2.24, 2.45) is 5.92 Å². The van der Waals surface area contributed by atoms with Crippen LogP contribution >= 0.6 is 0 Å². The molecule has 1 aromatic rings. The normalized spacial score (nSPS) is 15.4. The van der Waals surface area contributed by atoms with Gasteiger partial charge in [-0.25, -0.2) is 0 Å². The summed E-state index contributed by atoms with van der Waals surface area (Å²) in [6.45, 7) is 7.71. The van der Waals surface area contributed by atoms with Gasteiger partial charge in [0.25, 0.3) is 0 Å². The lowest BCUT2D eigenvalue weighted by Gasteiger charge is -2.16. The van der Waals surface area contributed by atoms with Gasteiger partial charge in [-0.05, 0) is 37.5 Å². The number of nitrogens with one attached hydrogen (secondary N) is 1. The molecule has 1 aromatic carbocycles. The summed E-state index contributed by atoms with van der Waals surface area (Å²) >= 11 is 0. The number of anilines is 2. The standard InChI is InChI=1S/C15H24N2O2S/c1-5-10(2)9-20(19)12(4)15(18)17-14-8-13(16)7-6-11(14)3/h6-8,10,12H,5,9,16H2,1-4H3,(H,17,18). The van der Waals surface area contributed by atoms with Crippen LogP contribution in [0.2, 0.25) is 0 Å². The molecule has 0 spiro atoms. The minimum Gasteiger partial charge on any atom is -0.399 e. The zero-order chi connectivity index (χ0) is 15.3. The van der Waals surface area contributed by atoms with Crippen LogP contribution in [0, 0.1) is 12.8 Å². The average molecular weight is 296 g/mol. The van der Waals surface area contributed by atoms with Gasteiger partial charge in [0.05, 0.1) is 0 Å². The molecule has 1 amide bonds. The van der Waals surface area contributed by atoms with E-state index >= 15 is 0 Å². The van der Waals surface area contributed by atoms with Gasteiger partial charge in [0, 0.05) is 27.9 Å². The molecule has 5 heteroatoms. The molecule has 3 N–H and O–H groups in total. The molecule has 0 saturated heterocycles. The number of rotatable bonds is 6. The van der Waals surface area contributed by atoms with E-state index in [1.807, 2.05) is 19.9 Å². The zero-order valence-corrected chi connectivity index (χ0v) is 13.4. The number of carbonyl (C=O) groups excluding carboxylic acids is 1. The van der Waals surface area contributed by atoms with Crippen molar-refractivity contribution in [1.82, 2.24) is 0 Å². The van der Waals surface area contributed by atoms with Crippen LogP contribution in [0.4, 0.5) is 11.4 Å². The van der Waals surface area contributed by atoms with Crippen LogP contribution in [0.25, 0.3) is 0 Å². The molecule has 1 rings (SSSR count). The Hall–Kier alpha value is -1.36. The van der Waals surface area contributed by atoms with Crippen LogP contribution in [0.15, 0.2) is 18.2 Å². The van der Waals surface area contributed by atoms with E-state index in [0.717, 1.165) is 12.0 Å². The summed E-state index contributed by atoms with van der Waals surface area (Å²) < 4.78 is 12.1. The van der Waals surface area contributed by atoms with E-state index in [9.17, 15) is 9.00 Å². The molecule has 0 aliphatic heterocycles. The van der Waals surface area contributed by atoms with Gasteiger partial charge in [-0.15, -0.1) is 0 Å². The SMILES string of the molecule is CCC(C)CS(=O)C(C)C(=O)Nc1cc(N)ccc1C. The number of hydrogen-bond donors (Lipinski definition) is 2. The van der Waals surface area contributed by atoms with Crippen molar-refractivity contribution in [2.45, 2.75) is 39.4 Å². The predicted molar refractivity (Wildman–Crippen MR) is 86.1 cm³/mol. The van der Waals surface area contributed by atoms with Gasteiger partial charge in [-0.2, -0.15) is 0 Å². The number of benzene rings is 1. The van der Waals surface area contributed by atoms with Crippen molar-refractivity contribution in [3.63, 3.8) is 0 Å². The summed E-state index contributed by atoms with van der Waals surface area (Å²) in [7, 11) is -1.15. The predicted octanol–water partition coefficient (Wildman–Crippen LogP) is 2.70. The summed E-state index contributed by atoms with van der Waals surface area (Å²) in [6.07, 6.45) is 0.967. The van der Waals surface area contributed by atoms with Gasteiger partial charge in [0.2, 0.25) is 5.91 Å². The van der Waals surface area contributed by atoms with Gasteiger partial charge in [-0.3, -0.25) is 9.00 Å². The molecule has 112 valence electrons. The van der Waals surface area contributed by atoms with Crippen LogP contribution in [-0.4, -0.2) is 21.1 Å². The molecule has 3 atom stereocenters. The van der Waals surface area contributed by atoms with Crippen molar-refractivity contribution in [2.75, 3.05) is 16.8 Å². The lowest BCUT2D eigenvalue weighted by atomic mass is 10.2. The number of aryl methyl sites for hydroxylation is 1. The molecule has 0 saturated carbocycles. The maximum atomic E-state index is 12.1. The smallest absolute Gasteiger partial charge is 0.239 e. The molecule has 3 unspecified atom stereocenters. The fourth-order valence-electron chi connectivity index (χ4n) is 1.67. The summed E-state index contributed by atoms with van der Waals surface area (Å²) in [6, 6.07) is 5.36. The Labute approximate surface area is 123 Å². The Kier molecular flexibility index (Phi) is 6.20. The lowest BCUT2D eigenvalue weighted by molar-refractivity contribution is -0.115. The first kappa shape index (κ1) is 16.7. The quantitative estimate of drug-likeness (QED) is 0.793. The van der Waals surface area contributed by atoms with Gasteiger partial charge in [0.1, 0.15) is 5.25 Å². The van der Waals surface area contributed by atoms with Crippen molar-refractivity contribution in [3.8, 4) is 0 Å². The van der Waals surface area contributed by atoms with Crippen molar-refractivity contribution in [1.29, 1.82) is 0 Å². The van der Waals surface area contributed by atoms with E-state index in [2.05, 4.69) is 12.2 Å². The third-order valence-corrected chi connectivity index (χ3v) is 5.33. The first-order valence-electron chi connectivity index (χ1n) is 6.89. The maximum absolute atomic E-state index is 12.1. The summed E-state index contributed by atoms with van der Waals surface area (Å²) in [5.74, 6) is 0.696. The highest BCUT2D eigenvalue weighted by Gasteiger charge is 2.21. The number of nitrogen functional groups attached to an aromatic ring is 1. The highest BCUT2D eigenvalue weighted by molar-refractivity contribution is 7.86. The van der Waals surface area contributed by atoms with Crippen LogP contribution in [0.1, 0.15) is 32.8 Å². The topological polar surface area (TPSA) is 72.2 Å². The van der Waals surface area contributed by atoms with Gasteiger partial charge in [0.15, 0.2) is 0 Å². The molecule has 0 aliphatic rings. The van der Waals surface area contributed by atoms with Gasteiger partial charge >= 0.3 is 0 Å². The minimum atomic E-state index is -1.15. The fourth-order valence-corrected chi connectivity index (χ4v) is 3.05. The van der Waals surface area contributed by atoms with Crippen molar-refractivity contribution < 1.29 is 9.00 Å². The fraction of sp³-hybridized carbons (Fsp3) is 0.533. The Morgan fingerprint density at radius 2 is 2.05 bits per heavy atom. The number of nitrogens with two attached hydrogens (primary N) is 1. The molecule has 4 nitrogen and oxygen atoms in total. The molecular weight excluding hydrogens is 272 g/mol. The first-order valence-corrected chi connectivity index (χ1v) is 8.27. The molecule has 0 bridgehead atoms. The number of carbonyl (C=O) groups is 1. The van der Waals surface area contributed by atoms with E-state index in [1.165, 1.54) is 0 Å². The van der Waals surface area contributed by atoms with Crippen molar-refractivity contribution >= 4 is 28.1 Å². The second-order valence-corrected chi connectivity index (χ2v) is 7.07. The summed E-state index contributed by atoms with van der Waals surface area (Å²) in [4.78, 5) is 12.1. The number of amides is 1. The minimum absolute atomic E-state index is 0.222. The van der Waals surface area contributed by atoms with E-state index in [1.54, 1.807) is 19.1 Å². The monoisotopic (exact) mass is 296 g/mol. The van der Waals surface area contributed by atoms with E-state index in [-0.39, 0.29) is 5.91 Å². The van der Waals surface area contributed by atoms with E-state index < -0.39 is 16.0 Å². The molecule has 20 heavy (non-hydrogen) atoms. The van der Waals surface area contributed by atoms with Crippen LogP contribution in [-0.2, 0) is 15.6 Å².